The number of nitrogen functional groups attached to an aromatic ring is 1. The summed E-state index contributed by atoms with van der Waals surface area (Å²) in [5, 5.41) is 4.86. The lowest BCUT2D eigenvalue weighted by molar-refractivity contribution is -0.274. The standard InChI is InChI=1S/C23H26F3N5O2/c24-23(25,26)33-17-7-13(10-28-21(17)27)15-9-18(31(29-15)11-12-1-2-12)22-14-8-16(20(22)19(14)22)30-3-5-32-6-4-30/h7,9-10,12,14,16,19-20H,1-6,8,11H2,(H2,27,28)/t14-,16?,19-,20?,22-/m1/s1. The number of nitrogens with zero attached hydrogens (tertiary/aromatic N) is 4. The highest BCUT2D eigenvalue weighted by atomic mass is 19.4. The van der Waals surface area contributed by atoms with Crippen LogP contribution in [0, 0.1) is 23.7 Å². The Morgan fingerprint density at radius 1 is 1.18 bits per heavy atom. The van der Waals surface area contributed by atoms with E-state index < -0.39 is 12.1 Å². The van der Waals surface area contributed by atoms with E-state index in [1.54, 1.807) is 0 Å². The highest BCUT2D eigenvalue weighted by Crippen LogP contribution is 2.91. The molecule has 2 aromatic heterocycles. The van der Waals surface area contributed by atoms with Crippen molar-refractivity contribution in [1.29, 1.82) is 0 Å². The molecule has 2 bridgehead atoms. The van der Waals surface area contributed by atoms with Crippen molar-refractivity contribution in [2.45, 2.75) is 43.6 Å². The maximum atomic E-state index is 12.8. The lowest BCUT2D eigenvalue weighted by Crippen LogP contribution is -2.43. The number of nitrogens with two attached hydrogens (primary N) is 1. The van der Waals surface area contributed by atoms with E-state index in [9.17, 15) is 13.2 Å². The van der Waals surface area contributed by atoms with Crippen LogP contribution in [0.3, 0.4) is 0 Å². The molecule has 1 saturated heterocycles. The van der Waals surface area contributed by atoms with Crippen LogP contribution in [0.2, 0.25) is 0 Å². The number of hydrogen-bond donors (Lipinski definition) is 1. The Hall–Kier alpha value is -2.33. The average Bonchev–Trinajstić information content (AvgIpc) is 3.70. The fourth-order valence-electron chi connectivity index (χ4n) is 6.87. The largest absolute Gasteiger partial charge is 0.573 e. The van der Waals surface area contributed by atoms with Gasteiger partial charge in [-0.25, -0.2) is 4.98 Å². The predicted octanol–water partition coefficient (Wildman–Crippen LogP) is 3.05. The van der Waals surface area contributed by atoms with Crippen molar-refractivity contribution in [1.82, 2.24) is 19.7 Å². The summed E-state index contributed by atoms with van der Waals surface area (Å²) in [7, 11) is 0. The van der Waals surface area contributed by atoms with E-state index in [2.05, 4.69) is 25.4 Å². The molecule has 7 nitrogen and oxygen atoms in total. The average molecular weight is 461 g/mol. The summed E-state index contributed by atoms with van der Waals surface area (Å²) < 4.78 is 50.1. The number of rotatable bonds is 6. The van der Waals surface area contributed by atoms with Gasteiger partial charge in [0, 0.05) is 48.5 Å². The molecule has 3 heterocycles. The Labute approximate surface area is 189 Å². The zero-order valence-electron chi connectivity index (χ0n) is 18.1. The van der Waals surface area contributed by atoms with Gasteiger partial charge in [0.05, 0.1) is 18.9 Å². The van der Waals surface area contributed by atoms with Gasteiger partial charge in [-0.2, -0.15) is 5.10 Å². The third-order valence-electron chi connectivity index (χ3n) is 8.50. The minimum atomic E-state index is -4.83. The summed E-state index contributed by atoms with van der Waals surface area (Å²) in [5.41, 5.74) is 8.22. The second-order valence-electron chi connectivity index (χ2n) is 10.2. The van der Waals surface area contributed by atoms with Gasteiger partial charge in [0.2, 0.25) is 0 Å². The van der Waals surface area contributed by atoms with E-state index >= 15 is 0 Å². The summed E-state index contributed by atoms with van der Waals surface area (Å²) in [6.45, 7) is 4.49. The molecule has 33 heavy (non-hydrogen) atoms. The lowest BCUT2D eigenvalue weighted by atomic mass is 10.00. The molecule has 6 fully saturated rings. The van der Waals surface area contributed by atoms with Crippen LogP contribution in [0.25, 0.3) is 11.3 Å². The normalized spacial score (nSPS) is 34.9. The van der Waals surface area contributed by atoms with Crippen LogP contribution in [0.5, 0.6) is 5.75 Å². The second-order valence-corrected chi connectivity index (χ2v) is 10.2. The summed E-state index contributed by atoms with van der Waals surface area (Å²) in [6.07, 6.45) is 0.300. The first kappa shape index (κ1) is 20.1. The molecule has 0 aromatic carbocycles. The van der Waals surface area contributed by atoms with Crippen molar-refractivity contribution in [3.05, 3.63) is 24.0 Å². The highest BCUT2D eigenvalue weighted by molar-refractivity contribution is 5.66. The van der Waals surface area contributed by atoms with Crippen LogP contribution in [-0.2, 0) is 16.7 Å². The van der Waals surface area contributed by atoms with Crippen molar-refractivity contribution in [2.24, 2.45) is 23.7 Å². The first-order valence-electron chi connectivity index (χ1n) is 11.8. The van der Waals surface area contributed by atoms with Gasteiger partial charge in [-0.15, -0.1) is 13.2 Å². The fraction of sp³-hybridized carbons (Fsp3) is 0.652. The smallest absolute Gasteiger partial charge is 0.402 e. The number of halogens is 3. The zero-order chi connectivity index (χ0) is 22.5. The van der Waals surface area contributed by atoms with Gasteiger partial charge < -0.3 is 15.2 Å². The van der Waals surface area contributed by atoms with E-state index in [1.165, 1.54) is 37.2 Å². The number of fused-ring (bicyclic) bond motifs is 1. The van der Waals surface area contributed by atoms with Crippen LogP contribution in [0.15, 0.2) is 18.3 Å². The van der Waals surface area contributed by atoms with Gasteiger partial charge in [0.1, 0.15) is 0 Å². The van der Waals surface area contributed by atoms with Crippen molar-refractivity contribution >= 4 is 5.82 Å². The molecule has 2 unspecified atom stereocenters. The molecule has 8 rings (SSSR count). The van der Waals surface area contributed by atoms with Gasteiger partial charge in [-0.3, -0.25) is 9.58 Å². The Kier molecular flexibility index (Phi) is 4.03. The topological polar surface area (TPSA) is 78.4 Å². The molecule has 176 valence electrons. The first-order valence-corrected chi connectivity index (χ1v) is 11.8. The number of alkyl halides is 3. The maximum Gasteiger partial charge on any atom is 0.573 e. The third kappa shape index (κ3) is 3.02. The van der Waals surface area contributed by atoms with E-state index in [0.29, 0.717) is 35.1 Å². The molecule has 5 saturated carbocycles. The first-order chi connectivity index (χ1) is 15.9. The van der Waals surface area contributed by atoms with E-state index in [0.717, 1.165) is 38.8 Å². The minimum absolute atomic E-state index is 0.204. The molecule has 0 spiro atoms. The number of pyridine rings is 1. The Morgan fingerprint density at radius 2 is 1.97 bits per heavy atom. The number of ether oxygens (including phenoxy) is 2. The molecule has 0 radical (unpaired) electrons. The second kappa shape index (κ2) is 6.63. The van der Waals surface area contributed by atoms with Crippen LogP contribution < -0.4 is 10.5 Å². The molecular weight excluding hydrogens is 435 g/mol. The van der Waals surface area contributed by atoms with E-state index in [4.69, 9.17) is 15.6 Å². The van der Waals surface area contributed by atoms with Gasteiger partial charge >= 0.3 is 6.36 Å². The van der Waals surface area contributed by atoms with Gasteiger partial charge in [-0.05, 0) is 55.1 Å². The molecule has 2 aromatic rings. The van der Waals surface area contributed by atoms with Crippen molar-refractivity contribution in [3.63, 3.8) is 0 Å². The van der Waals surface area contributed by atoms with E-state index in [-0.39, 0.29) is 11.2 Å². The summed E-state index contributed by atoms with van der Waals surface area (Å²) in [6, 6.07) is 3.99. The Bertz CT molecular complexity index is 1100. The van der Waals surface area contributed by atoms with Gasteiger partial charge in [0.15, 0.2) is 11.6 Å². The summed E-state index contributed by atoms with van der Waals surface area (Å²) in [5.74, 6) is 1.96. The molecule has 5 aliphatic carbocycles. The monoisotopic (exact) mass is 461 g/mol. The predicted molar refractivity (Wildman–Crippen MR) is 112 cm³/mol. The van der Waals surface area contributed by atoms with Gasteiger partial charge in [0.25, 0.3) is 0 Å². The Morgan fingerprint density at radius 3 is 2.67 bits per heavy atom. The molecule has 2 N–H and O–H groups in total. The number of morpholine rings is 1. The molecule has 0 amide bonds. The van der Waals surface area contributed by atoms with Gasteiger partial charge in [-0.1, -0.05) is 0 Å². The maximum absolute atomic E-state index is 12.8. The quantitative estimate of drug-likeness (QED) is 0.713. The van der Waals surface area contributed by atoms with Crippen LogP contribution in [0.1, 0.15) is 25.0 Å². The fourth-order valence-corrected chi connectivity index (χ4v) is 6.87. The van der Waals surface area contributed by atoms with Crippen LogP contribution >= 0.6 is 0 Å². The van der Waals surface area contributed by atoms with Crippen LogP contribution in [0.4, 0.5) is 19.0 Å². The van der Waals surface area contributed by atoms with Crippen LogP contribution in [-0.4, -0.2) is 58.4 Å². The number of anilines is 1. The minimum Gasteiger partial charge on any atom is -0.402 e. The molecular formula is C23H26F3N5O2. The molecule has 5 atom stereocenters. The highest BCUT2D eigenvalue weighted by Gasteiger charge is 2.93. The summed E-state index contributed by atoms with van der Waals surface area (Å²) >= 11 is 0. The van der Waals surface area contributed by atoms with Crippen molar-refractivity contribution in [2.75, 3.05) is 32.0 Å². The molecule has 10 heteroatoms. The third-order valence-corrected chi connectivity index (χ3v) is 8.50. The van der Waals surface area contributed by atoms with Crippen molar-refractivity contribution in [3.8, 4) is 17.0 Å². The number of aromatic nitrogens is 3. The van der Waals surface area contributed by atoms with E-state index in [1.807, 2.05) is 0 Å². The van der Waals surface area contributed by atoms with Crippen molar-refractivity contribution < 1.29 is 22.6 Å². The molecule has 6 aliphatic rings. The SMILES string of the molecule is Nc1ncc(-c2cc([C@]34C5C(N6CCOCC6)C[C@@H]3[C@H]54)n(CC3CC3)n2)cc1OC(F)(F)F. The lowest BCUT2D eigenvalue weighted by Gasteiger charge is -2.32. The number of hydrogen-bond acceptors (Lipinski definition) is 6. The Balaban J connectivity index is 1.21. The summed E-state index contributed by atoms with van der Waals surface area (Å²) in [4.78, 5) is 6.54. The molecule has 1 aliphatic heterocycles. The zero-order valence-corrected chi connectivity index (χ0v) is 18.1.